The molecule has 1 saturated heterocycles. The molecule has 2 amide bonds. The van der Waals surface area contributed by atoms with E-state index in [9.17, 15) is 14.9 Å². The van der Waals surface area contributed by atoms with Crippen molar-refractivity contribution in [3.8, 4) is 6.07 Å². The monoisotopic (exact) mass is 274 g/mol. The molecule has 4 nitrogen and oxygen atoms in total. The van der Waals surface area contributed by atoms with E-state index in [1.807, 2.05) is 0 Å². The van der Waals surface area contributed by atoms with E-state index in [1.54, 1.807) is 0 Å². The van der Waals surface area contributed by atoms with Gasteiger partial charge in [0, 0.05) is 0 Å². The first kappa shape index (κ1) is 13.6. The predicted octanol–water partition coefficient (Wildman–Crippen LogP) is 2.63. The van der Waals surface area contributed by atoms with Crippen molar-refractivity contribution >= 4 is 11.8 Å². The van der Waals surface area contributed by atoms with Crippen molar-refractivity contribution in [2.75, 3.05) is 0 Å². The van der Waals surface area contributed by atoms with E-state index in [-0.39, 0.29) is 29.6 Å². The molecule has 3 unspecified atom stereocenters. The number of amides is 2. The molecule has 0 N–H and O–H groups in total. The van der Waals surface area contributed by atoms with Gasteiger partial charge in [0.25, 0.3) is 0 Å². The molecule has 0 radical (unpaired) electrons. The summed E-state index contributed by atoms with van der Waals surface area (Å²) < 4.78 is 0. The average Bonchev–Trinajstić information content (AvgIpc) is 2.75. The summed E-state index contributed by atoms with van der Waals surface area (Å²) in [5.74, 6) is -0.179. The molecule has 1 aliphatic heterocycles. The zero-order valence-electron chi connectivity index (χ0n) is 11.9. The zero-order valence-corrected chi connectivity index (χ0v) is 11.9. The smallest absolute Gasteiger partial charge is 0.234 e. The van der Waals surface area contributed by atoms with Crippen LogP contribution in [0.3, 0.4) is 0 Å². The van der Waals surface area contributed by atoms with E-state index in [4.69, 9.17) is 0 Å². The number of fused-ring (bicyclic) bond motifs is 1. The van der Waals surface area contributed by atoms with Gasteiger partial charge in [-0.15, -0.1) is 0 Å². The van der Waals surface area contributed by atoms with Crippen LogP contribution in [0.4, 0.5) is 0 Å². The van der Waals surface area contributed by atoms with Gasteiger partial charge >= 0.3 is 0 Å². The Balaban J connectivity index is 1.82. The maximum absolute atomic E-state index is 12.5. The standard InChI is InChI=1S/C16H22N2O2/c17-10-14(11-6-2-1-3-7-11)18-15(19)12-8-4-5-9-13(12)16(18)20/h11-14H,1-9H2. The molecule has 0 aromatic carbocycles. The second-order valence-electron chi connectivity index (χ2n) is 6.52. The molecular weight excluding hydrogens is 252 g/mol. The lowest BCUT2D eigenvalue weighted by atomic mass is 9.81. The Kier molecular flexibility index (Phi) is 3.78. The fraction of sp³-hybridized carbons (Fsp3) is 0.812. The fourth-order valence-electron chi connectivity index (χ4n) is 4.29. The number of imide groups is 1. The predicted molar refractivity (Wildman–Crippen MR) is 73.3 cm³/mol. The largest absolute Gasteiger partial charge is 0.274 e. The first-order valence-corrected chi connectivity index (χ1v) is 8.00. The molecule has 3 aliphatic rings. The first-order valence-electron chi connectivity index (χ1n) is 8.00. The van der Waals surface area contributed by atoms with Gasteiger partial charge in [-0.3, -0.25) is 14.5 Å². The SMILES string of the molecule is N#CC(C1CCCCC1)N1C(=O)C2CCCCC2C1=O. The van der Waals surface area contributed by atoms with Crippen LogP contribution in [-0.2, 0) is 9.59 Å². The van der Waals surface area contributed by atoms with Gasteiger partial charge in [0.05, 0.1) is 17.9 Å². The van der Waals surface area contributed by atoms with E-state index in [2.05, 4.69) is 6.07 Å². The zero-order chi connectivity index (χ0) is 14.1. The molecule has 2 aliphatic carbocycles. The molecule has 4 heteroatoms. The number of hydrogen-bond acceptors (Lipinski definition) is 3. The van der Waals surface area contributed by atoms with Crippen molar-refractivity contribution in [3.05, 3.63) is 0 Å². The maximum atomic E-state index is 12.5. The van der Waals surface area contributed by atoms with E-state index in [1.165, 1.54) is 11.3 Å². The summed E-state index contributed by atoms with van der Waals surface area (Å²) >= 11 is 0. The summed E-state index contributed by atoms with van der Waals surface area (Å²) in [6.45, 7) is 0. The van der Waals surface area contributed by atoms with E-state index in [0.717, 1.165) is 51.4 Å². The van der Waals surface area contributed by atoms with Crippen molar-refractivity contribution in [1.82, 2.24) is 4.90 Å². The van der Waals surface area contributed by atoms with Gasteiger partial charge in [0.1, 0.15) is 6.04 Å². The van der Waals surface area contributed by atoms with Crippen LogP contribution in [0, 0.1) is 29.1 Å². The summed E-state index contributed by atoms with van der Waals surface area (Å²) in [4.78, 5) is 26.5. The second-order valence-corrected chi connectivity index (χ2v) is 6.52. The third-order valence-electron chi connectivity index (χ3n) is 5.38. The number of nitrogens with zero attached hydrogens (tertiary/aromatic N) is 2. The molecule has 0 aromatic heterocycles. The van der Waals surface area contributed by atoms with E-state index < -0.39 is 6.04 Å². The lowest BCUT2D eigenvalue weighted by Gasteiger charge is -2.31. The van der Waals surface area contributed by atoms with Gasteiger partial charge in [-0.25, -0.2) is 0 Å². The third-order valence-corrected chi connectivity index (χ3v) is 5.38. The number of nitriles is 1. The highest BCUT2D eigenvalue weighted by Gasteiger charge is 2.51. The van der Waals surface area contributed by atoms with Gasteiger partial charge in [0.2, 0.25) is 11.8 Å². The Labute approximate surface area is 120 Å². The molecule has 3 atom stereocenters. The van der Waals surface area contributed by atoms with Crippen molar-refractivity contribution in [3.63, 3.8) is 0 Å². The highest BCUT2D eigenvalue weighted by atomic mass is 16.2. The Hall–Kier alpha value is -1.37. The molecule has 20 heavy (non-hydrogen) atoms. The van der Waals surface area contributed by atoms with Crippen LogP contribution in [0.2, 0.25) is 0 Å². The lowest BCUT2D eigenvalue weighted by molar-refractivity contribution is -0.142. The Bertz CT molecular complexity index is 424. The minimum absolute atomic E-state index is 0.0585. The molecule has 1 heterocycles. The Morgan fingerprint density at radius 2 is 1.40 bits per heavy atom. The molecular formula is C16H22N2O2. The minimum Gasteiger partial charge on any atom is -0.274 e. The van der Waals surface area contributed by atoms with Crippen molar-refractivity contribution < 1.29 is 9.59 Å². The summed E-state index contributed by atoms with van der Waals surface area (Å²) in [6.07, 6.45) is 9.13. The second kappa shape index (κ2) is 5.55. The molecule has 0 bridgehead atoms. The van der Waals surface area contributed by atoms with Crippen LogP contribution in [0.25, 0.3) is 0 Å². The minimum atomic E-state index is -0.513. The van der Waals surface area contributed by atoms with E-state index in [0.29, 0.717) is 0 Å². The lowest BCUT2D eigenvalue weighted by Crippen LogP contribution is -2.44. The van der Waals surface area contributed by atoms with Crippen molar-refractivity contribution in [1.29, 1.82) is 5.26 Å². The molecule has 3 rings (SSSR count). The summed E-state index contributed by atoms with van der Waals surface area (Å²) in [5, 5.41) is 9.51. The van der Waals surface area contributed by atoms with Crippen LogP contribution < -0.4 is 0 Å². The fourth-order valence-corrected chi connectivity index (χ4v) is 4.29. The van der Waals surface area contributed by atoms with Gasteiger partial charge in [-0.05, 0) is 31.6 Å². The van der Waals surface area contributed by atoms with E-state index >= 15 is 0 Å². The number of likely N-dealkylation sites (tertiary alicyclic amines) is 1. The average molecular weight is 274 g/mol. The summed E-state index contributed by atoms with van der Waals surface area (Å²) in [5.41, 5.74) is 0. The quantitative estimate of drug-likeness (QED) is 0.727. The van der Waals surface area contributed by atoms with Gasteiger partial charge in [-0.1, -0.05) is 32.1 Å². The van der Waals surface area contributed by atoms with Crippen LogP contribution in [0.15, 0.2) is 0 Å². The Morgan fingerprint density at radius 3 is 1.90 bits per heavy atom. The normalized spacial score (nSPS) is 32.9. The maximum Gasteiger partial charge on any atom is 0.234 e. The van der Waals surface area contributed by atoms with Crippen molar-refractivity contribution in [2.24, 2.45) is 17.8 Å². The molecule has 0 aromatic rings. The van der Waals surface area contributed by atoms with Crippen LogP contribution >= 0.6 is 0 Å². The number of carbonyl (C=O) groups is 2. The molecule has 108 valence electrons. The first-order chi connectivity index (χ1) is 9.74. The van der Waals surface area contributed by atoms with Crippen molar-refractivity contribution in [2.45, 2.75) is 63.8 Å². The summed E-state index contributed by atoms with van der Waals surface area (Å²) in [6, 6.07) is 1.76. The molecule has 2 saturated carbocycles. The third kappa shape index (κ3) is 2.13. The van der Waals surface area contributed by atoms with Gasteiger partial charge in [-0.2, -0.15) is 5.26 Å². The number of rotatable bonds is 2. The van der Waals surface area contributed by atoms with Crippen LogP contribution in [-0.4, -0.2) is 22.8 Å². The van der Waals surface area contributed by atoms with Gasteiger partial charge in [0.15, 0.2) is 0 Å². The topological polar surface area (TPSA) is 61.2 Å². The highest BCUT2D eigenvalue weighted by Crippen LogP contribution is 2.41. The molecule has 3 fully saturated rings. The molecule has 0 spiro atoms. The number of hydrogen-bond donors (Lipinski definition) is 0. The number of carbonyl (C=O) groups excluding carboxylic acids is 2. The highest BCUT2D eigenvalue weighted by molar-refractivity contribution is 6.05. The summed E-state index contributed by atoms with van der Waals surface area (Å²) in [7, 11) is 0. The van der Waals surface area contributed by atoms with Crippen LogP contribution in [0.1, 0.15) is 57.8 Å². The van der Waals surface area contributed by atoms with Crippen LogP contribution in [0.5, 0.6) is 0 Å². The van der Waals surface area contributed by atoms with Gasteiger partial charge < -0.3 is 0 Å². The Morgan fingerprint density at radius 1 is 0.900 bits per heavy atom.